The van der Waals surface area contributed by atoms with E-state index in [4.69, 9.17) is 4.74 Å². The zero-order chi connectivity index (χ0) is 14.3. The van der Waals surface area contributed by atoms with E-state index in [1.54, 1.807) is 11.8 Å². The number of nitrogens with zero attached hydrogens (tertiary/aromatic N) is 1. The first-order valence-electron chi connectivity index (χ1n) is 7.22. The quantitative estimate of drug-likeness (QED) is 0.910. The largest absolute Gasteiger partial charge is 0.481 e. The predicted molar refractivity (Wildman–Crippen MR) is 75.5 cm³/mol. The molecule has 2 aliphatic rings. The highest BCUT2D eigenvalue weighted by atomic mass is 16.5. The number of hydrogen-bond donors (Lipinski definition) is 1. The molecule has 0 bridgehead atoms. The summed E-state index contributed by atoms with van der Waals surface area (Å²) in [5, 5.41) is 10.2. The second-order valence-electron chi connectivity index (χ2n) is 6.15. The molecule has 1 aliphatic heterocycles. The van der Waals surface area contributed by atoms with Gasteiger partial charge < -0.3 is 14.7 Å². The first-order chi connectivity index (χ1) is 9.48. The Hall–Kier alpha value is -1.55. The fraction of sp³-hybridized carbons (Fsp3) is 0.562. The Morgan fingerprint density at radius 3 is 2.75 bits per heavy atom. The molecular formula is C16H21NO3. The lowest BCUT2D eigenvalue weighted by Gasteiger charge is -2.47. The molecular weight excluding hydrogens is 254 g/mol. The third kappa shape index (κ3) is 2.52. The maximum absolute atomic E-state index is 12.2. The first-order valence-corrected chi connectivity index (χ1v) is 7.22. The molecule has 1 amide bonds. The summed E-state index contributed by atoms with van der Waals surface area (Å²) in [6.45, 7) is 4.67. The molecule has 0 spiro atoms. The minimum Gasteiger partial charge on any atom is -0.481 e. The fourth-order valence-corrected chi connectivity index (χ4v) is 2.85. The van der Waals surface area contributed by atoms with Crippen molar-refractivity contribution in [2.45, 2.75) is 38.4 Å². The Bertz CT molecular complexity index is 518. The second-order valence-corrected chi connectivity index (χ2v) is 6.15. The molecule has 4 nitrogen and oxygen atoms in total. The van der Waals surface area contributed by atoms with Crippen molar-refractivity contribution in [3.63, 3.8) is 0 Å². The summed E-state index contributed by atoms with van der Waals surface area (Å²) in [5.41, 5.74) is 0.479. The molecule has 108 valence electrons. The average molecular weight is 275 g/mol. The van der Waals surface area contributed by atoms with Gasteiger partial charge in [-0.2, -0.15) is 0 Å². The molecule has 1 saturated heterocycles. The molecule has 1 aromatic carbocycles. The minimum atomic E-state index is -0.626. The average Bonchev–Trinajstić information content (AvgIpc) is 3.18. The standard InChI is InChI=1S/C16H21NO3/c1-11-4-3-5-14(8-11)20-12(2)15(18)17-9-16(19,10-17)13-6-7-13/h3-5,8,12-13,19H,6-7,9-10H2,1-2H3. The van der Waals surface area contributed by atoms with E-state index in [0.29, 0.717) is 24.8 Å². The zero-order valence-electron chi connectivity index (χ0n) is 12.0. The highest BCUT2D eigenvalue weighted by Crippen LogP contribution is 2.44. The molecule has 0 radical (unpaired) electrons. The van der Waals surface area contributed by atoms with Gasteiger partial charge in [0.05, 0.1) is 13.1 Å². The fourth-order valence-electron chi connectivity index (χ4n) is 2.85. The van der Waals surface area contributed by atoms with Crippen LogP contribution in [-0.2, 0) is 4.79 Å². The van der Waals surface area contributed by atoms with Crippen molar-refractivity contribution >= 4 is 5.91 Å². The molecule has 2 fully saturated rings. The van der Waals surface area contributed by atoms with E-state index in [1.165, 1.54) is 0 Å². The topological polar surface area (TPSA) is 49.8 Å². The highest BCUT2D eigenvalue weighted by Gasteiger charge is 2.53. The number of aryl methyl sites for hydroxylation is 1. The highest BCUT2D eigenvalue weighted by molar-refractivity contribution is 5.82. The van der Waals surface area contributed by atoms with Gasteiger partial charge in [0.15, 0.2) is 6.10 Å². The maximum Gasteiger partial charge on any atom is 0.263 e. The zero-order valence-corrected chi connectivity index (χ0v) is 12.0. The van der Waals surface area contributed by atoms with E-state index in [2.05, 4.69) is 0 Å². The molecule has 1 saturated carbocycles. The summed E-state index contributed by atoms with van der Waals surface area (Å²) < 4.78 is 5.69. The third-order valence-corrected chi connectivity index (χ3v) is 4.23. The molecule has 1 unspecified atom stereocenters. The number of β-amino-alcohol motifs (C(OH)–C–C–N with tert-alkyl or cyclic N) is 1. The van der Waals surface area contributed by atoms with Crippen molar-refractivity contribution in [3.8, 4) is 5.75 Å². The van der Waals surface area contributed by atoms with Crippen LogP contribution in [0.2, 0.25) is 0 Å². The van der Waals surface area contributed by atoms with Crippen LogP contribution in [0.1, 0.15) is 25.3 Å². The van der Waals surface area contributed by atoms with Crippen LogP contribution in [0.4, 0.5) is 0 Å². The summed E-state index contributed by atoms with van der Waals surface area (Å²) in [6.07, 6.45) is 1.67. The van der Waals surface area contributed by atoms with Crippen molar-refractivity contribution in [3.05, 3.63) is 29.8 Å². The number of carbonyl (C=O) groups excluding carboxylic acids is 1. The molecule has 1 aromatic rings. The number of hydrogen-bond acceptors (Lipinski definition) is 3. The lowest BCUT2D eigenvalue weighted by molar-refractivity contribution is -0.165. The summed E-state index contributed by atoms with van der Waals surface area (Å²) in [4.78, 5) is 13.9. The number of amides is 1. The van der Waals surface area contributed by atoms with Crippen molar-refractivity contribution in [2.24, 2.45) is 5.92 Å². The van der Waals surface area contributed by atoms with Gasteiger partial charge in [-0.15, -0.1) is 0 Å². The van der Waals surface area contributed by atoms with Crippen molar-refractivity contribution in [1.82, 2.24) is 4.90 Å². The summed E-state index contributed by atoms with van der Waals surface area (Å²) in [7, 11) is 0. The van der Waals surface area contributed by atoms with E-state index in [0.717, 1.165) is 18.4 Å². The summed E-state index contributed by atoms with van der Waals surface area (Å²) in [6, 6.07) is 7.68. The Kier molecular flexibility index (Phi) is 3.21. The van der Waals surface area contributed by atoms with Crippen molar-refractivity contribution in [1.29, 1.82) is 0 Å². The normalized spacial score (nSPS) is 22.1. The molecule has 4 heteroatoms. The van der Waals surface area contributed by atoms with Gasteiger partial charge in [0.25, 0.3) is 5.91 Å². The van der Waals surface area contributed by atoms with E-state index in [9.17, 15) is 9.90 Å². The number of aliphatic hydroxyl groups is 1. The smallest absolute Gasteiger partial charge is 0.263 e. The minimum absolute atomic E-state index is 0.0446. The van der Waals surface area contributed by atoms with Crippen LogP contribution in [-0.4, -0.2) is 40.7 Å². The molecule has 1 N–H and O–H groups in total. The van der Waals surface area contributed by atoms with E-state index >= 15 is 0 Å². The van der Waals surface area contributed by atoms with Gasteiger partial charge in [0, 0.05) is 0 Å². The van der Waals surface area contributed by atoms with Gasteiger partial charge in [-0.25, -0.2) is 0 Å². The van der Waals surface area contributed by atoms with Crippen molar-refractivity contribution < 1.29 is 14.6 Å². The molecule has 1 heterocycles. The van der Waals surface area contributed by atoms with Crippen LogP contribution in [0.3, 0.4) is 0 Å². The lowest BCUT2D eigenvalue weighted by atomic mass is 9.88. The second kappa shape index (κ2) is 4.77. The number of rotatable bonds is 4. The Morgan fingerprint density at radius 2 is 2.15 bits per heavy atom. The summed E-state index contributed by atoms with van der Waals surface area (Å²) in [5.74, 6) is 1.07. The lowest BCUT2D eigenvalue weighted by Crippen LogP contribution is -2.66. The molecule has 3 rings (SSSR count). The van der Waals surface area contributed by atoms with Crippen LogP contribution in [0.25, 0.3) is 0 Å². The van der Waals surface area contributed by atoms with Gasteiger partial charge in [-0.05, 0) is 50.3 Å². The van der Waals surface area contributed by atoms with Gasteiger partial charge in [-0.3, -0.25) is 4.79 Å². The van der Waals surface area contributed by atoms with Crippen LogP contribution in [0, 0.1) is 12.8 Å². The summed E-state index contributed by atoms with van der Waals surface area (Å²) >= 11 is 0. The van der Waals surface area contributed by atoms with E-state index in [1.807, 2.05) is 31.2 Å². The van der Waals surface area contributed by atoms with Crippen molar-refractivity contribution in [2.75, 3.05) is 13.1 Å². The molecule has 20 heavy (non-hydrogen) atoms. The van der Waals surface area contributed by atoms with Crippen LogP contribution in [0.15, 0.2) is 24.3 Å². The van der Waals surface area contributed by atoms with Gasteiger partial charge in [-0.1, -0.05) is 12.1 Å². The molecule has 0 aromatic heterocycles. The van der Waals surface area contributed by atoms with Crippen LogP contribution >= 0.6 is 0 Å². The van der Waals surface area contributed by atoms with Gasteiger partial charge in [0.1, 0.15) is 11.4 Å². The first kappa shape index (κ1) is 13.4. The molecule has 1 atom stereocenters. The van der Waals surface area contributed by atoms with Gasteiger partial charge in [0.2, 0.25) is 0 Å². The Morgan fingerprint density at radius 1 is 1.45 bits per heavy atom. The Labute approximate surface area is 119 Å². The number of carbonyl (C=O) groups is 1. The maximum atomic E-state index is 12.2. The molecule has 1 aliphatic carbocycles. The van der Waals surface area contributed by atoms with E-state index in [-0.39, 0.29) is 5.91 Å². The van der Waals surface area contributed by atoms with E-state index < -0.39 is 11.7 Å². The van der Waals surface area contributed by atoms with Crippen LogP contribution < -0.4 is 4.74 Å². The number of ether oxygens (including phenoxy) is 1. The van der Waals surface area contributed by atoms with Gasteiger partial charge >= 0.3 is 0 Å². The number of benzene rings is 1. The number of likely N-dealkylation sites (tertiary alicyclic amines) is 1. The Balaban J connectivity index is 1.55. The SMILES string of the molecule is Cc1cccc(OC(C)C(=O)N2CC(O)(C3CC3)C2)c1. The third-order valence-electron chi connectivity index (χ3n) is 4.23. The predicted octanol–water partition coefficient (Wildman–Crippen LogP) is 1.75. The monoisotopic (exact) mass is 275 g/mol. The van der Waals surface area contributed by atoms with Crippen LogP contribution in [0.5, 0.6) is 5.75 Å².